The third kappa shape index (κ3) is 1.68. The van der Waals surface area contributed by atoms with Crippen LogP contribution in [-0.4, -0.2) is 12.1 Å². The number of hydrogen-bond donors (Lipinski definition) is 0. The molecule has 10 heavy (non-hydrogen) atoms. The number of aliphatic imine (C=N–C) groups is 1. The maximum absolute atomic E-state index is 9.92. The summed E-state index contributed by atoms with van der Waals surface area (Å²) < 4.78 is 0. The van der Waals surface area contributed by atoms with E-state index in [-0.39, 0.29) is 6.04 Å². The van der Waals surface area contributed by atoms with Crippen molar-refractivity contribution in [1.29, 1.82) is 0 Å². The lowest BCUT2D eigenvalue weighted by molar-refractivity contribution is 0.381. The molecule has 1 saturated carbocycles. The van der Waals surface area contributed by atoms with Crippen LogP contribution in [-0.2, 0) is 4.79 Å². The summed E-state index contributed by atoms with van der Waals surface area (Å²) in [5.74, 6) is 0.537. The van der Waals surface area contributed by atoms with E-state index in [0.717, 1.165) is 19.3 Å². The fourth-order valence-electron chi connectivity index (χ4n) is 1.37. The fourth-order valence-corrected chi connectivity index (χ4v) is 1.37. The molecule has 2 unspecified atom stereocenters. The van der Waals surface area contributed by atoms with Crippen molar-refractivity contribution >= 4 is 6.08 Å². The van der Waals surface area contributed by atoms with Crippen molar-refractivity contribution in [3.05, 3.63) is 6.42 Å². The lowest BCUT2D eigenvalue weighted by Crippen LogP contribution is -2.20. The van der Waals surface area contributed by atoms with Gasteiger partial charge in [0.15, 0.2) is 0 Å². The van der Waals surface area contributed by atoms with Gasteiger partial charge in [-0.05, 0) is 31.6 Å². The average molecular weight is 138 g/mol. The zero-order valence-corrected chi connectivity index (χ0v) is 6.21. The SMILES string of the molecule is CC1C[CH]CCC1N=C=O. The molecule has 0 aromatic rings. The maximum atomic E-state index is 9.92. The van der Waals surface area contributed by atoms with Gasteiger partial charge in [-0.3, -0.25) is 0 Å². The van der Waals surface area contributed by atoms with Gasteiger partial charge >= 0.3 is 0 Å². The van der Waals surface area contributed by atoms with Gasteiger partial charge in [-0.1, -0.05) is 6.92 Å². The molecule has 1 radical (unpaired) electrons. The Bertz CT molecular complexity index is 149. The molecule has 0 bridgehead atoms. The van der Waals surface area contributed by atoms with Crippen molar-refractivity contribution in [2.24, 2.45) is 10.9 Å². The summed E-state index contributed by atoms with van der Waals surface area (Å²) in [6.07, 6.45) is 7.11. The highest BCUT2D eigenvalue weighted by molar-refractivity contribution is 5.33. The van der Waals surface area contributed by atoms with Gasteiger partial charge in [-0.25, -0.2) is 9.79 Å². The normalized spacial score (nSPS) is 32.9. The summed E-state index contributed by atoms with van der Waals surface area (Å²) in [7, 11) is 0. The summed E-state index contributed by atoms with van der Waals surface area (Å²) in [6.45, 7) is 2.13. The van der Waals surface area contributed by atoms with Gasteiger partial charge in [0.25, 0.3) is 0 Å². The van der Waals surface area contributed by atoms with Gasteiger partial charge in [0.05, 0.1) is 6.04 Å². The van der Waals surface area contributed by atoms with E-state index in [0.29, 0.717) is 5.92 Å². The number of rotatable bonds is 1. The van der Waals surface area contributed by atoms with Gasteiger partial charge in [-0.2, -0.15) is 0 Å². The zero-order valence-electron chi connectivity index (χ0n) is 6.21. The van der Waals surface area contributed by atoms with Gasteiger partial charge in [-0.15, -0.1) is 0 Å². The summed E-state index contributed by atoms with van der Waals surface area (Å²) in [5.41, 5.74) is 0. The van der Waals surface area contributed by atoms with Gasteiger partial charge < -0.3 is 0 Å². The molecule has 0 aromatic heterocycles. The second-order valence-electron chi connectivity index (χ2n) is 2.87. The first-order valence-electron chi connectivity index (χ1n) is 3.73. The minimum Gasteiger partial charge on any atom is -0.211 e. The standard InChI is InChI=1S/C8H12NO/c1-7-4-2-3-5-8(7)9-6-10/h2,7-8H,3-5H2,1H3. The predicted octanol–water partition coefficient (Wildman–Crippen LogP) is 1.72. The van der Waals surface area contributed by atoms with Crippen LogP contribution in [0.5, 0.6) is 0 Å². The molecule has 0 spiro atoms. The molecule has 55 valence electrons. The summed E-state index contributed by atoms with van der Waals surface area (Å²) in [4.78, 5) is 13.7. The van der Waals surface area contributed by atoms with Crippen LogP contribution in [0.3, 0.4) is 0 Å². The minimum atomic E-state index is 0.238. The first-order valence-corrected chi connectivity index (χ1v) is 3.73. The molecule has 1 aliphatic rings. The van der Waals surface area contributed by atoms with Crippen LogP contribution >= 0.6 is 0 Å². The van der Waals surface area contributed by atoms with Gasteiger partial charge in [0, 0.05) is 0 Å². The van der Waals surface area contributed by atoms with E-state index in [2.05, 4.69) is 18.3 Å². The van der Waals surface area contributed by atoms with Gasteiger partial charge in [0.2, 0.25) is 6.08 Å². The van der Waals surface area contributed by atoms with Crippen LogP contribution in [0.4, 0.5) is 0 Å². The zero-order chi connectivity index (χ0) is 7.40. The van der Waals surface area contributed by atoms with Crippen molar-refractivity contribution in [3.63, 3.8) is 0 Å². The van der Waals surface area contributed by atoms with Crippen molar-refractivity contribution in [2.45, 2.75) is 32.2 Å². The van der Waals surface area contributed by atoms with E-state index < -0.39 is 0 Å². The Morgan fingerprint density at radius 2 is 2.50 bits per heavy atom. The van der Waals surface area contributed by atoms with E-state index in [1.807, 2.05) is 0 Å². The summed E-state index contributed by atoms with van der Waals surface area (Å²) in [6, 6.07) is 0.238. The monoisotopic (exact) mass is 138 g/mol. The molecule has 0 saturated heterocycles. The molecule has 2 atom stereocenters. The average Bonchev–Trinajstić information content (AvgIpc) is 1.94. The summed E-state index contributed by atoms with van der Waals surface area (Å²) >= 11 is 0. The van der Waals surface area contributed by atoms with Crippen LogP contribution in [0.25, 0.3) is 0 Å². The van der Waals surface area contributed by atoms with Crippen LogP contribution < -0.4 is 0 Å². The van der Waals surface area contributed by atoms with Gasteiger partial charge in [0.1, 0.15) is 0 Å². The molecule has 0 aromatic carbocycles. The number of isocyanates is 1. The van der Waals surface area contributed by atoms with Crippen LogP contribution in [0.2, 0.25) is 0 Å². The molecule has 0 heterocycles. The predicted molar refractivity (Wildman–Crippen MR) is 39.2 cm³/mol. The maximum Gasteiger partial charge on any atom is 0.235 e. The molecular formula is C8H12NO. The second-order valence-corrected chi connectivity index (χ2v) is 2.87. The Kier molecular flexibility index (Phi) is 2.64. The fraction of sp³-hybridized carbons (Fsp3) is 0.750. The highest BCUT2D eigenvalue weighted by Gasteiger charge is 2.19. The van der Waals surface area contributed by atoms with E-state index in [1.165, 1.54) is 0 Å². The van der Waals surface area contributed by atoms with Crippen LogP contribution in [0.15, 0.2) is 4.99 Å². The van der Waals surface area contributed by atoms with Crippen molar-refractivity contribution < 1.29 is 4.79 Å². The number of hydrogen-bond acceptors (Lipinski definition) is 2. The Morgan fingerprint density at radius 1 is 1.70 bits per heavy atom. The van der Waals surface area contributed by atoms with E-state index in [9.17, 15) is 4.79 Å². The number of nitrogens with zero attached hydrogens (tertiary/aromatic N) is 1. The molecule has 1 fully saturated rings. The topological polar surface area (TPSA) is 29.4 Å². The van der Waals surface area contributed by atoms with E-state index >= 15 is 0 Å². The number of carbonyl (C=O) groups excluding carboxylic acids is 1. The molecule has 2 heteroatoms. The van der Waals surface area contributed by atoms with Crippen molar-refractivity contribution in [1.82, 2.24) is 0 Å². The summed E-state index contributed by atoms with van der Waals surface area (Å²) in [5, 5.41) is 0. The highest BCUT2D eigenvalue weighted by Crippen LogP contribution is 2.24. The molecule has 2 nitrogen and oxygen atoms in total. The first-order chi connectivity index (χ1) is 4.84. The lowest BCUT2D eigenvalue weighted by Gasteiger charge is -2.23. The Balaban J connectivity index is 2.47. The largest absolute Gasteiger partial charge is 0.235 e. The quantitative estimate of drug-likeness (QED) is 0.400. The molecule has 0 amide bonds. The third-order valence-electron chi connectivity index (χ3n) is 2.08. The first kappa shape index (κ1) is 7.49. The molecule has 1 rings (SSSR count). The smallest absolute Gasteiger partial charge is 0.211 e. The molecule has 0 N–H and O–H groups in total. The Morgan fingerprint density at radius 3 is 3.10 bits per heavy atom. The van der Waals surface area contributed by atoms with E-state index in [1.54, 1.807) is 6.08 Å². The Labute approximate surface area is 61.3 Å². The minimum absolute atomic E-state index is 0.238. The van der Waals surface area contributed by atoms with Crippen LogP contribution in [0.1, 0.15) is 26.2 Å². The van der Waals surface area contributed by atoms with Crippen molar-refractivity contribution in [3.8, 4) is 0 Å². The Hall–Kier alpha value is -0.620. The van der Waals surface area contributed by atoms with E-state index in [4.69, 9.17) is 0 Å². The third-order valence-corrected chi connectivity index (χ3v) is 2.08. The molecule has 1 aliphatic carbocycles. The van der Waals surface area contributed by atoms with Crippen molar-refractivity contribution in [2.75, 3.05) is 0 Å². The molecule has 0 aliphatic heterocycles. The lowest BCUT2D eigenvalue weighted by atomic mass is 9.86. The highest BCUT2D eigenvalue weighted by atomic mass is 16.1. The molecular weight excluding hydrogens is 126 g/mol. The second kappa shape index (κ2) is 3.52. The van der Waals surface area contributed by atoms with Crippen LogP contribution in [0, 0.1) is 12.3 Å².